The fourth-order valence-electron chi connectivity index (χ4n) is 2.39. The van der Waals surface area contributed by atoms with Gasteiger partial charge >= 0.3 is 0 Å². The summed E-state index contributed by atoms with van der Waals surface area (Å²) in [5, 5.41) is 14.3. The number of likely N-dealkylation sites (N-methyl/N-ethyl adjacent to an activating group) is 1. The van der Waals surface area contributed by atoms with Gasteiger partial charge in [-0.15, -0.1) is 10.2 Å². The van der Waals surface area contributed by atoms with Crippen molar-refractivity contribution in [2.45, 2.75) is 26.2 Å². The highest BCUT2D eigenvalue weighted by Gasteiger charge is 2.17. The molecule has 1 amide bonds. The second-order valence-corrected chi connectivity index (χ2v) is 7.28. The molecule has 6 heteroatoms. The van der Waals surface area contributed by atoms with Gasteiger partial charge in [-0.1, -0.05) is 39.0 Å². The summed E-state index contributed by atoms with van der Waals surface area (Å²) in [5.74, 6) is 0.400. The van der Waals surface area contributed by atoms with E-state index in [2.05, 4.69) is 47.7 Å². The van der Waals surface area contributed by atoms with Crippen molar-refractivity contribution < 1.29 is 4.79 Å². The molecule has 2 N–H and O–H groups in total. The van der Waals surface area contributed by atoms with E-state index in [4.69, 9.17) is 0 Å². The molecule has 0 unspecified atom stereocenters. The minimum Gasteiger partial charge on any atom is -0.349 e. The van der Waals surface area contributed by atoms with Gasteiger partial charge in [-0.3, -0.25) is 4.79 Å². The summed E-state index contributed by atoms with van der Waals surface area (Å²) in [7, 11) is 3.92. The van der Waals surface area contributed by atoms with E-state index in [1.54, 1.807) is 12.1 Å². The molecule has 0 saturated heterocycles. The van der Waals surface area contributed by atoms with Gasteiger partial charge in [0.05, 0.1) is 0 Å². The van der Waals surface area contributed by atoms with E-state index in [1.165, 1.54) is 5.56 Å². The molecule has 0 saturated carbocycles. The van der Waals surface area contributed by atoms with Gasteiger partial charge in [0.25, 0.3) is 5.91 Å². The van der Waals surface area contributed by atoms with Crippen LogP contribution in [0.2, 0.25) is 0 Å². The van der Waals surface area contributed by atoms with Crippen LogP contribution in [-0.2, 0) is 5.41 Å². The maximum Gasteiger partial charge on any atom is 0.271 e. The van der Waals surface area contributed by atoms with Gasteiger partial charge in [-0.25, -0.2) is 0 Å². The number of anilines is 2. The number of nitrogens with one attached hydrogen (secondary N) is 2. The van der Waals surface area contributed by atoms with Crippen LogP contribution < -0.4 is 10.6 Å². The molecule has 1 aromatic carbocycles. The SMILES string of the molecule is CN(C)CCNC(=O)c1ccc(Nc2ccccc2C(C)(C)C)nn1. The van der Waals surface area contributed by atoms with Crippen LogP contribution in [0.15, 0.2) is 36.4 Å². The number of aromatic nitrogens is 2. The molecule has 0 atom stereocenters. The van der Waals surface area contributed by atoms with E-state index < -0.39 is 0 Å². The van der Waals surface area contributed by atoms with Crippen molar-refractivity contribution in [1.29, 1.82) is 0 Å². The highest BCUT2D eigenvalue weighted by molar-refractivity contribution is 5.92. The smallest absolute Gasteiger partial charge is 0.271 e. The summed E-state index contributed by atoms with van der Waals surface area (Å²) < 4.78 is 0. The van der Waals surface area contributed by atoms with Crippen molar-refractivity contribution in [3.8, 4) is 0 Å². The first-order chi connectivity index (χ1) is 11.8. The van der Waals surface area contributed by atoms with Gasteiger partial charge in [0, 0.05) is 18.8 Å². The second kappa shape index (κ2) is 8.07. The zero-order valence-electron chi connectivity index (χ0n) is 15.6. The lowest BCUT2D eigenvalue weighted by atomic mass is 9.86. The summed E-state index contributed by atoms with van der Waals surface area (Å²) in [4.78, 5) is 14.0. The molecular weight excluding hydrogens is 314 g/mol. The van der Waals surface area contributed by atoms with Gasteiger partial charge in [-0.05, 0) is 43.3 Å². The lowest BCUT2D eigenvalue weighted by molar-refractivity contribution is 0.0945. The van der Waals surface area contributed by atoms with Crippen LogP contribution in [0.25, 0.3) is 0 Å². The highest BCUT2D eigenvalue weighted by Crippen LogP contribution is 2.30. The number of rotatable bonds is 6. The first-order valence-electron chi connectivity index (χ1n) is 8.40. The molecule has 0 fully saturated rings. The minimum atomic E-state index is -0.212. The molecule has 1 aromatic heterocycles. The van der Waals surface area contributed by atoms with E-state index in [0.29, 0.717) is 18.1 Å². The molecule has 134 valence electrons. The average Bonchev–Trinajstić information content (AvgIpc) is 2.54. The van der Waals surface area contributed by atoms with Crippen molar-refractivity contribution in [2.75, 3.05) is 32.5 Å². The Hall–Kier alpha value is -2.47. The third kappa shape index (κ3) is 5.53. The van der Waals surface area contributed by atoms with Crippen molar-refractivity contribution >= 4 is 17.4 Å². The molecule has 0 aliphatic carbocycles. The predicted octanol–water partition coefficient (Wildman–Crippen LogP) is 2.81. The van der Waals surface area contributed by atoms with Crippen LogP contribution in [0.5, 0.6) is 0 Å². The largest absolute Gasteiger partial charge is 0.349 e. The summed E-state index contributed by atoms with van der Waals surface area (Å²) in [6, 6.07) is 11.6. The Morgan fingerprint density at radius 3 is 2.40 bits per heavy atom. The van der Waals surface area contributed by atoms with Crippen LogP contribution >= 0.6 is 0 Å². The van der Waals surface area contributed by atoms with Crippen molar-refractivity contribution in [1.82, 2.24) is 20.4 Å². The van der Waals surface area contributed by atoms with E-state index in [0.717, 1.165) is 12.2 Å². The number of hydrogen-bond acceptors (Lipinski definition) is 5. The fraction of sp³-hybridized carbons (Fsp3) is 0.421. The number of carbonyl (C=O) groups is 1. The van der Waals surface area contributed by atoms with Crippen LogP contribution in [0, 0.1) is 0 Å². The number of nitrogens with zero attached hydrogens (tertiary/aromatic N) is 3. The van der Waals surface area contributed by atoms with Crippen LogP contribution in [0.1, 0.15) is 36.8 Å². The number of carbonyl (C=O) groups excluding carboxylic acids is 1. The molecule has 0 radical (unpaired) electrons. The standard InChI is InChI=1S/C19H27N5O/c1-19(2,3)14-8-6-7-9-15(14)21-17-11-10-16(22-23-17)18(25)20-12-13-24(4)5/h6-11H,12-13H2,1-5H3,(H,20,25)(H,21,23). The molecule has 0 spiro atoms. The van der Waals surface area contributed by atoms with Gasteiger partial charge in [-0.2, -0.15) is 0 Å². The zero-order chi connectivity index (χ0) is 18.4. The first kappa shape index (κ1) is 18.9. The Kier molecular flexibility index (Phi) is 6.09. The molecule has 0 aliphatic rings. The van der Waals surface area contributed by atoms with Crippen LogP contribution in [0.3, 0.4) is 0 Å². The van der Waals surface area contributed by atoms with Crippen molar-refractivity contribution in [3.05, 3.63) is 47.7 Å². The molecule has 2 rings (SSSR count). The van der Waals surface area contributed by atoms with Crippen LogP contribution in [-0.4, -0.2) is 48.2 Å². The Morgan fingerprint density at radius 1 is 1.08 bits per heavy atom. The molecule has 2 aromatic rings. The quantitative estimate of drug-likeness (QED) is 0.845. The van der Waals surface area contributed by atoms with E-state index in [1.807, 2.05) is 37.2 Å². The number of amides is 1. The number of benzene rings is 1. The molecule has 6 nitrogen and oxygen atoms in total. The molecule has 0 aliphatic heterocycles. The summed E-state index contributed by atoms with van der Waals surface area (Å²) in [6.45, 7) is 7.86. The van der Waals surface area contributed by atoms with Gasteiger partial charge < -0.3 is 15.5 Å². The maximum atomic E-state index is 12.0. The Balaban J connectivity index is 2.05. The lowest BCUT2D eigenvalue weighted by Gasteiger charge is -2.23. The normalized spacial score (nSPS) is 11.4. The van der Waals surface area contributed by atoms with Gasteiger partial charge in [0.15, 0.2) is 11.5 Å². The van der Waals surface area contributed by atoms with Gasteiger partial charge in [0.2, 0.25) is 0 Å². The summed E-state index contributed by atoms with van der Waals surface area (Å²) in [5.41, 5.74) is 2.52. The van der Waals surface area contributed by atoms with E-state index in [9.17, 15) is 4.79 Å². The summed E-state index contributed by atoms with van der Waals surface area (Å²) >= 11 is 0. The Morgan fingerprint density at radius 2 is 1.80 bits per heavy atom. The van der Waals surface area contributed by atoms with Crippen molar-refractivity contribution in [3.63, 3.8) is 0 Å². The number of para-hydroxylation sites is 1. The fourth-order valence-corrected chi connectivity index (χ4v) is 2.39. The topological polar surface area (TPSA) is 70.2 Å². The maximum absolute atomic E-state index is 12.0. The minimum absolute atomic E-state index is 0.0171. The van der Waals surface area contributed by atoms with E-state index >= 15 is 0 Å². The average molecular weight is 341 g/mol. The number of hydrogen-bond donors (Lipinski definition) is 2. The Bertz CT molecular complexity index is 704. The predicted molar refractivity (Wildman–Crippen MR) is 101 cm³/mol. The van der Waals surface area contributed by atoms with Crippen molar-refractivity contribution in [2.24, 2.45) is 0 Å². The molecular formula is C19H27N5O. The second-order valence-electron chi connectivity index (χ2n) is 7.28. The highest BCUT2D eigenvalue weighted by atomic mass is 16.1. The first-order valence-corrected chi connectivity index (χ1v) is 8.40. The van der Waals surface area contributed by atoms with Crippen LogP contribution in [0.4, 0.5) is 11.5 Å². The monoisotopic (exact) mass is 341 g/mol. The lowest BCUT2D eigenvalue weighted by Crippen LogP contribution is -2.31. The molecule has 1 heterocycles. The molecule has 0 bridgehead atoms. The summed E-state index contributed by atoms with van der Waals surface area (Å²) in [6.07, 6.45) is 0. The van der Waals surface area contributed by atoms with Gasteiger partial charge in [0.1, 0.15) is 0 Å². The zero-order valence-corrected chi connectivity index (χ0v) is 15.6. The third-order valence-corrected chi connectivity index (χ3v) is 3.74. The van der Waals surface area contributed by atoms with E-state index in [-0.39, 0.29) is 11.3 Å². The molecule has 25 heavy (non-hydrogen) atoms. The third-order valence-electron chi connectivity index (χ3n) is 3.74. The Labute approximate surface area is 149 Å².